The van der Waals surface area contributed by atoms with Crippen LogP contribution in [0.25, 0.3) is 0 Å². The molecule has 1 saturated carbocycles. The van der Waals surface area contributed by atoms with Gasteiger partial charge in [-0.25, -0.2) is 0 Å². The van der Waals surface area contributed by atoms with Gasteiger partial charge in [0, 0.05) is 17.3 Å². The lowest BCUT2D eigenvalue weighted by Crippen LogP contribution is -2.36. The van der Waals surface area contributed by atoms with Crippen molar-refractivity contribution in [2.24, 2.45) is 0 Å². The van der Waals surface area contributed by atoms with E-state index in [1.807, 2.05) is 0 Å². The van der Waals surface area contributed by atoms with E-state index in [-0.39, 0.29) is 23.0 Å². The zero-order valence-electron chi connectivity index (χ0n) is 16.4. The van der Waals surface area contributed by atoms with Crippen LogP contribution in [0.5, 0.6) is 5.75 Å². The number of thiocarbonyl (C=S) groups is 1. The summed E-state index contributed by atoms with van der Waals surface area (Å²) in [5.41, 5.74) is 1.68. The van der Waals surface area contributed by atoms with Crippen molar-refractivity contribution < 1.29 is 14.3 Å². The first-order valence-electron chi connectivity index (χ1n) is 9.73. The summed E-state index contributed by atoms with van der Waals surface area (Å²) in [5, 5.41) is 8.85. The number of anilines is 1. The number of nitrogens with one attached hydrogen (secondary N) is 3. The second-order valence-electron chi connectivity index (χ2n) is 6.99. The van der Waals surface area contributed by atoms with Crippen molar-refractivity contribution in [1.29, 1.82) is 0 Å². The third-order valence-electron chi connectivity index (χ3n) is 4.92. The standard InChI is InChI=1S/C22H25N3O3S/c1-28-19-10-6-5-9-18(19)21(27)25-22(29)24-17-13-11-15(12-14-17)20(26)23-16-7-3-2-4-8-16/h5-6,9-14,16H,2-4,7-8H2,1H3,(H,23,26)(H2,24,25,27,29). The molecule has 0 unspecified atom stereocenters. The summed E-state index contributed by atoms with van der Waals surface area (Å²) in [6.45, 7) is 0. The Morgan fingerprint density at radius 3 is 2.34 bits per heavy atom. The number of benzene rings is 2. The molecule has 7 heteroatoms. The number of rotatable bonds is 5. The highest BCUT2D eigenvalue weighted by atomic mass is 32.1. The second-order valence-corrected chi connectivity index (χ2v) is 7.40. The minimum absolute atomic E-state index is 0.0597. The van der Waals surface area contributed by atoms with E-state index in [4.69, 9.17) is 17.0 Å². The lowest BCUT2D eigenvalue weighted by Gasteiger charge is -2.22. The lowest BCUT2D eigenvalue weighted by atomic mass is 9.95. The van der Waals surface area contributed by atoms with Crippen LogP contribution in [0.15, 0.2) is 48.5 Å². The Bertz CT molecular complexity index is 877. The number of ether oxygens (including phenoxy) is 1. The molecule has 6 nitrogen and oxygen atoms in total. The van der Waals surface area contributed by atoms with Gasteiger partial charge >= 0.3 is 0 Å². The predicted octanol–water partition coefficient (Wildman–Crippen LogP) is 3.88. The largest absolute Gasteiger partial charge is 0.496 e. The molecule has 1 fully saturated rings. The van der Waals surface area contributed by atoms with Crippen LogP contribution in [-0.2, 0) is 0 Å². The number of carbonyl (C=O) groups excluding carboxylic acids is 2. The van der Waals surface area contributed by atoms with Gasteiger partial charge < -0.3 is 15.4 Å². The molecule has 0 heterocycles. The fourth-order valence-electron chi connectivity index (χ4n) is 3.39. The molecule has 2 amide bonds. The van der Waals surface area contributed by atoms with Gasteiger partial charge in [0.15, 0.2) is 5.11 Å². The van der Waals surface area contributed by atoms with Crippen LogP contribution in [-0.4, -0.2) is 30.1 Å². The molecule has 0 bridgehead atoms. The first kappa shape index (κ1) is 20.8. The Hall–Kier alpha value is -2.93. The van der Waals surface area contributed by atoms with Gasteiger partial charge in [0.05, 0.1) is 12.7 Å². The fraction of sp³-hybridized carbons (Fsp3) is 0.318. The van der Waals surface area contributed by atoms with Crippen LogP contribution < -0.4 is 20.7 Å². The Morgan fingerprint density at radius 2 is 1.66 bits per heavy atom. The third kappa shape index (κ3) is 5.77. The maximum atomic E-state index is 12.4. The van der Waals surface area contributed by atoms with Gasteiger partial charge in [-0.05, 0) is 61.5 Å². The quantitative estimate of drug-likeness (QED) is 0.651. The average Bonchev–Trinajstić information content (AvgIpc) is 2.74. The van der Waals surface area contributed by atoms with E-state index in [0.29, 0.717) is 22.6 Å². The molecule has 0 radical (unpaired) electrons. The molecule has 0 saturated heterocycles. The highest BCUT2D eigenvalue weighted by molar-refractivity contribution is 7.80. The molecule has 2 aromatic carbocycles. The SMILES string of the molecule is COc1ccccc1C(=O)NC(=S)Nc1ccc(C(=O)NC2CCCCC2)cc1. The number of para-hydroxylation sites is 1. The molecule has 0 spiro atoms. The van der Waals surface area contributed by atoms with Gasteiger partial charge in [-0.1, -0.05) is 31.4 Å². The van der Waals surface area contributed by atoms with Crippen molar-refractivity contribution in [2.45, 2.75) is 38.1 Å². The van der Waals surface area contributed by atoms with E-state index in [1.54, 1.807) is 48.5 Å². The lowest BCUT2D eigenvalue weighted by molar-refractivity contribution is 0.0926. The van der Waals surface area contributed by atoms with E-state index < -0.39 is 0 Å². The molecule has 0 aromatic heterocycles. The van der Waals surface area contributed by atoms with E-state index >= 15 is 0 Å². The van der Waals surface area contributed by atoms with E-state index in [9.17, 15) is 9.59 Å². The van der Waals surface area contributed by atoms with Crippen molar-refractivity contribution in [3.63, 3.8) is 0 Å². The summed E-state index contributed by atoms with van der Waals surface area (Å²) in [4.78, 5) is 24.8. The molecule has 1 aliphatic carbocycles. The first-order chi connectivity index (χ1) is 14.1. The van der Waals surface area contributed by atoms with Crippen molar-refractivity contribution in [3.8, 4) is 5.75 Å². The summed E-state index contributed by atoms with van der Waals surface area (Å²) in [5.74, 6) is 0.0556. The van der Waals surface area contributed by atoms with Crippen LogP contribution in [0.2, 0.25) is 0 Å². The van der Waals surface area contributed by atoms with Crippen molar-refractivity contribution in [1.82, 2.24) is 10.6 Å². The Balaban J connectivity index is 1.54. The van der Waals surface area contributed by atoms with Gasteiger partial charge in [0.2, 0.25) is 0 Å². The van der Waals surface area contributed by atoms with Crippen molar-refractivity contribution in [2.75, 3.05) is 12.4 Å². The number of hydrogen-bond donors (Lipinski definition) is 3. The first-order valence-corrected chi connectivity index (χ1v) is 10.1. The van der Waals surface area contributed by atoms with Crippen LogP contribution in [0.3, 0.4) is 0 Å². The average molecular weight is 412 g/mol. The number of carbonyl (C=O) groups is 2. The smallest absolute Gasteiger partial charge is 0.261 e. The van der Waals surface area contributed by atoms with E-state index in [1.165, 1.54) is 26.4 Å². The molecule has 3 rings (SSSR count). The molecule has 1 aliphatic rings. The summed E-state index contributed by atoms with van der Waals surface area (Å²) >= 11 is 5.22. The number of methoxy groups -OCH3 is 1. The van der Waals surface area contributed by atoms with Crippen LogP contribution in [0.1, 0.15) is 52.8 Å². The van der Waals surface area contributed by atoms with Gasteiger partial charge in [-0.3, -0.25) is 14.9 Å². The Morgan fingerprint density at radius 1 is 0.966 bits per heavy atom. The molecular weight excluding hydrogens is 386 g/mol. The van der Waals surface area contributed by atoms with E-state index in [2.05, 4.69) is 16.0 Å². The summed E-state index contributed by atoms with van der Waals surface area (Å²) in [7, 11) is 1.51. The van der Waals surface area contributed by atoms with Gasteiger partial charge in [-0.15, -0.1) is 0 Å². The van der Waals surface area contributed by atoms with Gasteiger partial charge in [0.1, 0.15) is 5.75 Å². The Kier molecular flexibility index (Phi) is 7.19. The molecule has 0 aliphatic heterocycles. The molecule has 3 N–H and O–H groups in total. The van der Waals surface area contributed by atoms with E-state index in [0.717, 1.165) is 12.8 Å². The molecule has 2 aromatic rings. The minimum Gasteiger partial charge on any atom is -0.496 e. The zero-order chi connectivity index (χ0) is 20.6. The number of amides is 2. The van der Waals surface area contributed by atoms with Crippen LogP contribution >= 0.6 is 12.2 Å². The molecule has 29 heavy (non-hydrogen) atoms. The minimum atomic E-state index is -0.358. The number of hydrogen-bond acceptors (Lipinski definition) is 4. The van der Waals surface area contributed by atoms with Crippen molar-refractivity contribution in [3.05, 3.63) is 59.7 Å². The third-order valence-corrected chi connectivity index (χ3v) is 5.13. The van der Waals surface area contributed by atoms with Gasteiger partial charge in [0.25, 0.3) is 11.8 Å². The monoisotopic (exact) mass is 411 g/mol. The normalized spacial score (nSPS) is 14.0. The predicted molar refractivity (Wildman–Crippen MR) is 117 cm³/mol. The molecular formula is C22H25N3O3S. The van der Waals surface area contributed by atoms with Crippen LogP contribution in [0, 0.1) is 0 Å². The maximum Gasteiger partial charge on any atom is 0.261 e. The zero-order valence-corrected chi connectivity index (χ0v) is 17.2. The topological polar surface area (TPSA) is 79.5 Å². The van der Waals surface area contributed by atoms with Crippen molar-refractivity contribution >= 4 is 34.8 Å². The van der Waals surface area contributed by atoms with Gasteiger partial charge in [-0.2, -0.15) is 0 Å². The van der Waals surface area contributed by atoms with Crippen LogP contribution in [0.4, 0.5) is 5.69 Å². The Labute approximate surface area is 176 Å². The summed E-state index contributed by atoms with van der Waals surface area (Å²) < 4.78 is 5.19. The molecule has 152 valence electrons. The highest BCUT2D eigenvalue weighted by Crippen LogP contribution is 2.19. The highest BCUT2D eigenvalue weighted by Gasteiger charge is 2.17. The maximum absolute atomic E-state index is 12.4. The second kappa shape index (κ2) is 10.0. The molecule has 0 atom stereocenters. The summed E-state index contributed by atoms with van der Waals surface area (Å²) in [6, 6.07) is 14.2. The fourth-order valence-corrected chi connectivity index (χ4v) is 3.60. The summed E-state index contributed by atoms with van der Waals surface area (Å²) in [6.07, 6.45) is 5.69.